The molecule has 1 amide bonds. The molecular formula is C16H21FN2O. The predicted molar refractivity (Wildman–Crippen MR) is 77.3 cm³/mol. The summed E-state index contributed by atoms with van der Waals surface area (Å²) in [5.41, 5.74) is 6.64. The fraction of sp³-hybridized carbons (Fsp3) is 0.438. The Kier molecular flexibility index (Phi) is 4.12. The molecule has 0 aliphatic heterocycles. The van der Waals surface area contributed by atoms with Gasteiger partial charge in [-0.15, -0.1) is 0 Å². The van der Waals surface area contributed by atoms with Gasteiger partial charge in [0.2, 0.25) is 0 Å². The molecule has 4 heteroatoms. The SMILES string of the molecule is CC1CC(NNC(=O)c2ccccc2F)=CC(C)(C)C1. The molecule has 3 nitrogen and oxygen atoms in total. The lowest BCUT2D eigenvalue weighted by Crippen LogP contribution is -2.39. The van der Waals surface area contributed by atoms with Gasteiger partial charge in [-0.25, -0.2) is 4.39 Å². The van der Waals surface area contributed by atoms with E-state index in [9.17, 15) is 9.18 Å². The molecule has 0 fully saturated rings. The van der Waals surface area contributed by atoms with Crippen LogP contribution in [-0.4, -0.2) is 5.91 Å². The van der Waals surface area contributed by atoms with Gasteiger partial charge >= 0.3 is 0 Å². The summed E-state index contributed by atoms with van der Waals surface area (Å²) in [5.74, 6) is -0.416. The second kappa shape index (κ2) is 5.65. The molecule has 0 bridgehead atoms. The molecular weight excluding hydrogens is 255 g/mol. The fourth-order valence-corrected chi connectivity index (χ4v) is 2.87. The van der Waals surface area contributed by atoms with E-state index in [1.54, 1.807) is 12.1 Å². The van der Waals surface area contributed by atoms with E-state index >= 15 is 0 Å². The Morgan fingerprint density at radius 3 is 2.70 bits per heavy atom. The monoisotopic (exact) mass is 276 g/mol. The first-order valence-corrected chi connectivity index (χ1v) is 6.90. The van der Waals surface area contributed by atoms with E-state index < -0.39 is 11.7 Å². The number of hydrazine groups is 1. The van der Waals surface area contributed by atoms with Crippen molar-refractivity contribution in [2.24, 2.45) is 11.3 Å². The highest BCUT2D eigenvalue weighted by Gasteiger charge is 2.25. The molecule has 2 rings (SSSR count). The second-order valence-electron chi connectivity index (χ2n) is 6.23. The van der Waals surface area contributed by atoms with Crippen LogP contribution in [0.15, 0.2) is 36.0 Å². The minimum atomic E-state index is -0.516. The van der Waals surface area contributed by atoms with Crippen molar-refractivity contribution in [1.29, 1.82) is 0 Å². The molecule has 0 heterocycles. The molecule has 1 atom stereocenters. The van der Waals surface area contributed by atoms with Gasteiger partial charge < -0.3 is 5.43 Å². The standard InChI is InChI=1S/C16H21FN2O/c1-11-8-12(10-16(2,3)9-11)18-19-15(20)13-6-4-5-7-14(13)17/h4-7,10-11,18H,8-9H2,1-3H3,(H,19,20). The summed E-state index contributed by atoms with van der Waals surface area (Å²) in [5, 5.41) is 0. The normalized spacial score (nSPS) is 21.0. The molecule has 0 aromatic heterocycles. The first-order valence-electron chi connectivity index (χ1n) is 6.90. The third-order valence-electron chi connectivity index (χ3n) is 3.46. The van der Waals surface area contributed by atoms with Crippen LogP contribution in [0.5, 0.6) is 0 Å². The van der Waals surface area contributed by atoms with Crippen molar-refractivity contribution in [1.82, 2.24) is 10.9 Å². The Balaban J connectivity index is 2.01. The average Bonchev–Trinajstić information content (AvgIpc) is 2.34. The molecule has 1 unspecified atom stereocenters. The third kappa shape index (κ3) is 3.59. The summed E-state index contributed by atoms with van der Waals surface area (Å²) < 4.78 is 13.5. The minimum absolute atomic E-state index is 0.0451. The van der Waals surface area contributed by atoms with E-state index in [-0.39, 0.29) is 11.0 Å². The van der Waals surface area contributed by atoms with Crippen molar-refractivity contribution >= 4 is 5.91 Å². The fourth-order valence-electron chi connectivity index (χ4n) is 2.87. The molecule has 20 heavy (non-hydrogen) atoms. The van der Waals surface area contributed by atoms with E-state index in [1.807, 2.05) is 0 Å². The van der Waals surface area contributed by atoms with Gasteiger partial charge in [-0.3, -0.25) is 10.2 Å². The van der Waals surface area contributed by atoms with E-state index in [2.05, 4.69) is 37.7 Å². The van der Waals surface area contributed by atoms with Gasteiger partial charge in [-0.05, 0) is 36.3 Å². The lowest BCUT2D eigenvalue weighted by Gasteiger charge is -2.32. The number of carbonyl (C=O) groups excluding carboxylic acids is 1. The van der Waals surface area contributed by atoms with Crippen molar-refractivity contribution in [2.75, 3.05) is 0 Å². The van der Waals surface area contributed by atoms with Crippen LogP contribution in [0.2, 0.25) is 0 Å². The van der Waals surface area contributed by atoms with Gasteiger partial charge in [0.15, 0.2) is 0 Å². The molecule has 0 spiro atoms. The van der Waals surface area contributed by atoms with Crippen LogP contribution in [0.4, 0.5) is 4.39 Å². The molecule has 0 saturated heterocycles. The molecule has 1 aromatic carbocycles. The van der Waals surface area contributed by atoms with Gasteiger partial charge in [0.05, 0.1) is 5.56 Å². The number of nitrogens with one attached hydrogen (secondary N) is 2. The van der Waals surface area contributed by atoms with Crippen LogP contribution < -0.4 is 10.9 Å². The number of hydrogen-bond acceptors (Lipinski definition) is 2. The highest BCUT2D eigenvalue weighted by molar-refractivity contribution is 5.94. The zero-order chi connectivity index (χ0) is 14.8. The largest absolute Gasteiger partial charge is 0.303 e. The summed E-state index contributed by atoms with van der Waals surface area (Å²) in [6, 6.07) is 5.95. The van der Waals surface area contributed by atoms with Crippen molar-refractivity contribution in [2.45, 2.75) is 33.6 Å². The highest BCUT2D eigenvalue weighted by atomic mass is 19.1. The first-order chi connectivity index (χ1) is 9.37. The zero-order valence-corrected chi connectivity index (χ0v) is 12.2. The Bertz CT molecular complexity index is 537. The Morgan fingerprint density at radius 1 is 1.35 bits per heavy atom. The lowest BCUT2D eigenvalue weighted by molar-refractivity contribution is 0.0932. The van der Waals surface area contributed by atoms with Crippen LogP contribution >= 0.6 is 0 Å². The van der Waals surface area contributed by atoms with Crippen molar-refractivity contribution in [3.8, 4) is 0 Å². The molecule has 2 N–H and O–H groups in total. The topological polar surface area (TPSA) is 41.1 Å². The van der Waals surface area contributed by atoms with Gasteiger partial charge in [0.25, 0.3) is 5.91 Å². The van der Waals surface area contributed by atoms with E-state index in [1.165, 1.54) is 12.1 Å². The molecule has 1 aliphatic carbocycles. The lowest BCUT2D eigenvalue weighted by atomic mass is 9.76. The van der Waals surface area contributed by atoms with Crippen LogP contribution in [0.25, 0.3) is 0 Å². The Hall–Kier alpha value is -1.84. The van der Waals surface area contributed by atoms with Crippen LogP contribution in [0.1, 0.15) is 44.0 Å². The molecule has 0 saturated carbocycles. The number of halogens is 1. The predicted octanol–water partition coefficient (Wildman–Crippen LogP) is 3.40. The summed E-state index contributed by atoms with van der Waals surface area (Å²) in [6.45, 7) is 6.53. The summed E-state index contributed by atoms with van der Waals surface area (Å²) in [4.78, 5) is 11.9. The molecule has 1 aliphatic rings. The maximum atomic E-state index is 13.5. The first kappa shape index (κ1) is 14.6. The maximum Gasteiger partial charge on any atom is 0.272 e. The van der Waals surface area contributed by atoms with E-state index in [0.717, 1.165) is 18.5 Å². The zero-order valence-electron chi connectivity index (χ0n) is 12.2. The molecule has 0 radical (unpaired) electrons. The summed E-state index contributed by atoms with van der Waals surface area (Å²) in [6.07, 6.45) is 4.15. The van der Waals surface area contributed by atoms with Gasteiger partial charge in [-0.1, -0.05) is 39.0 Å². The number of benzene rings is 1. The second-order valence-corrected chi connectivity index (χ2v) is 6.23. The number of hydrogen-bond donors (Lipinski definition) is 2. The maximum absolute atomic E-state index is 13.5. The van der Waals surface area contributed by atoms with Crippen LogP contribution in [0.3, 0.4) is 0 Å². The smallest absolute Gasteiger partial charge is 0.272 e. The van der Waals surface area contributed by atoms with Crippen LogP contribution in [-0.2, 0) is 0 Å². The number of rotatable bonds is 3. The summed E-state index contributed by atoms with van der Waals surface area (Å²) in [7, 11) is 0. The van der Waals surface area contributed by atoms with Crippen molar-refractivity contribution in [3.63, 3.8) is 0 Å². The summed E-state index contributed by atoms with van der Waals surface area (Å²) >= 11 is 0. The minimum Gasteiger partial charge on any atom is -0.303 e. The van der Waals surface area contributed by atoms with Crippen molar-refractivity contribution in [3.05, 3.63) is 47.4 Å². The molecule has 1 aromatic rings. The Labute approximate surface area is 119 Å². The van der Waals surface area contributed by atoms with Gasteiger partial charge in [0, 0.05) is 5.70 Å². The average molecular weight is 276 g/mol. The number of carbonyl (C=O) groups is 1. The van der Waals surface area contributed by atoms with Crippen molar-refractivity contribution < 1.29 is 9.18 Å². The Morgan fingerprint density at radius 2 is 2.05 bits per heavy atom. The quantitative estimate of drug-likeness (QED) is 0.831. The van der Waals surface area contributed by atoms with E-state index in [4.69, 9.17) is 0 Å². The number of amides is 1. The number of allylic oxidation sites excluding steroid dienone is 2. The highest BCUT2D eigenvalue weighted by Crippen LogP contribution is 2.35. The third-order valence-corrected chi connectivity index (χ3v) is 3.46. The van der Waals surface area contributed by atoms with Gasteiger partial charge in [0.1, 0.15) is 5.82 Å². The molecule has 108 valence electrons. The van der Waals surface area contributed by atoms with Crippen LogP contribution in [0, 0.1) is 17.2 Å². The van der Waals surface area contributed by atoms with Gasteiger partial charge in [-0.2, -0.15) is 0 Å². The van der Waals surface area contributed by atoms with E-state index in [0.29, 0.717) is 5.92 Å².